The van der Waals surface area contributed by atoms with Crippen molar-refractivity contribution in [1.82, 2.24) is 10.2 Å². The molecule has 0 saturated carbocycles. The third-order valence-electron chi connectivity index (χ3n) is 4.31. The van der Waals surface area contributed by atoms with Gasteiger partial charge >= 0.3 is 12.0 Å². The number of rotatable bonds is 5. The second kappa shape index (κ2) is 8.22. The summed E-state index contributed by atoms with van der Waals surface area (Å²) in [6.07, 6.45) is 7.19. The maximum atomic E-state index is 12.0. The van der Waals surface area contributed by atoms with Crippen molar-refractivity contribution in [2.24, 2.45) is 5.92 Å². The van der Waals surface area contributed by atoms with Crippen LogP contribution < -0.4 is 5.32 Å². The Morgan fingerprint density at radius 2 is 2.10 bits per heavy atom. The molecule has 0 spiro atoms. The van der Waals surface area contributed by atoms with Crippen LogP contribution in [-0.4, -0.2) is 54.4 Å². The molecular formula is C15H26N2O4. The SMILES string of the molecule is O=C(O)C1CCCN(C(=O)NCCCC2CCCCO2)C1. The monoisotopic (exact) mass is 298 g/mol. The molecule has 2 saturated heterocycles. The molecule has 2 heterocycles. The Bertz CT molecular complexity index is 356. The highest BCUT2D eigenvalue weighted by Crippen LogP contribution is 2.17. The Hall–Kier alpha value is -1.30. The number of hydrogen-bond acceptors (Lipinski definition) is 3. The number of aliphatic carboxylic acids is 1. The van der Waals surface area contributed by atoms with Crippen LogP contribution in [0.3, 0.4) is 0 Å². The fourth-order valence-corrected chi connectivity index (χ4v) is 3.04. The van der Waals surface area contributed by atoms with E-state index in [4.69, 9.17) is 9.84 Å². The quantitative estimate of drug-likeness (QED) is 0.759. The Kier molecular flexibility index (Phi) is 6.29. The van der Waals surface area contributed by atoms with Crippen molar-refractivity contribution in [3.63, 3.8) is 0 Å². The standard InChI is InChI=1S/C15H26N2O4/c18-14(19)12-5-4-9-17(11-12)15(20)16-8-3-7-13-6-1-2-10-21-13/h12-13H,1-11H2,(H,16,20)(H,18,19). The number of nitrogens with zero attached hydrogens (tertiary/aromatic N) is 1. The van der Waals surface area contributed by atoms with Crippen molar-refractivity contribution in [1.29, 1.82) is 0 Å². The molecule has 6 heteroatoms. The zero-order valence-electron chi connectivity index (χ0n) is 12.6. The van der Waals surface area contributed by atoms with Crippen molar-refractivity contribution >= 4 is 12.0 Å². The van der Waals surface area contributed by atoms with Gasteiger partial charge in [0.15, 0.2) is 0 Å². The minimum atomic E-state index is -0.804. The Morgan fingerprint density at radius 1 is 1.24 bits per heavy atom. The molecule has 2 aliphatic heterocycles. The van der Waals surface area contributed by atoms with Crippen LogP contribution in [0.5, 0.6) is 0 Å². The van der Waals surface area contributed by atoms with E-state index >= 15 is 0 Å². The van der Waals surface area contributed by atoms with Crippen LogP contribution in [0.2, 0.25) is 0 Å². The summed E-state index contributed by atoms with van der Waals surface area (Å²) in [5.74, 6) is -1.22. The van der Waals surface area contributed by atoms with Crippen LogP contribution in [0.1, 0.15) is 44.9 Å². The second-order valence-corrected chi connectivity index (χ2v) is 5.99. The number of ether oxygens (including phenoxy) is 1. The lowest BCUT2D eigenvalue weighted by Gasteiger charge is -2.30. The lowest BCUT2D eigenvalue weighted by Crippen LogP contribution is -2.47. The van der Waals surface area contributed by atoms with Crippen LogP contribution in [0.15, 0.2) is 0 Å². The van der Waals surface area contributed by atoms with Crippen molar-refractivity contribution < 1.29 is 19.4 Å². The predicted molar refractivity (Wildman–Crippen MR) is 78.2 cm³/mol. The summed E-state index contributed by atoms with van der Waals surface area (Å²) < 4.78 is 5.65. The van der Waals surface area contributed by atoms with Gasteiger partial charge in [-0.3, -0.25) is 4.79 Å². The summed E-state index contributed by atoms with van der Waals surface area (Å²) in [5, 5.41) is 11.9. The van der Waals surface area contributed by atoms with Gasteiger partial charge in [0, 0.05) is 26.2 Å². The lowest BCUT2D eigenvalue weighted by molar-refractivity contribution is -0.143. The first-order valence-electron chi connectivity index (χ1n) is 8.04. The maximum absolute atomic E-state index is 12.0. The van der Waals surface area contributed by atoms with Gasteiger partial charge in [-0.1, -0.05) is 0 Å². The van der Waals surface area contributed by atoms with Gasteiger partial charge in [-0.05, 0) is 44.9 Å². The van der Waals surface area contributed by atoms with Gasteiger partial charge in [0.2, 0.25) is 0 Å². The summed E-state index contributed by atoms with van der Waals surface area (Å²) >= 11 is 0. The molecule has 2 aliphatic rings. The summed E-state index contributed by atoms with van der Waals surface area (Å²) in [4.78, 5) is 24.6. The maximum Gasteiger partial charge on any atom is 0.317 e. The highest BCUT2D eigenvalue weighted by molar-refractivity contribution is 5.76. The van der Waals surface area contributed by atoms with Crippen molar-refractivity contribution in [3.8, 4) is 0 Å². The van der Waals surface area contributed by atoms with Gasteiger partial charge in [0.05, 0.1) is 12.0 Å². The Morgan fingerprint density at radius 3 is 2.81 bits per heavy atom. The molecule has 0 aliphatic carbocycles. The molecule has 2 rings (SSSR count). The van der Waals surface area contributed by atoms with Crippen molar-refractivity contribution in [3.05, 3.63) is 0 Å². The summed E-state index contributed by atoms with van der Waals surface area (Å²) in [5.41, 5.74) is 0. The number of likely N-dealkylation sites (tertiary alicyclic amines) is 1. The van der Waals surface area contributed by atoms with E-state index in [1.54, 1.807) is 4.90 Å². The van der Waals surface area contributed by atoms with E-state index in [1.165, 1.54) is 6.42 Å². The van der Waals surface area contributed by atoms with Crippen LogP contribution in [0.4, 0.5) is 4.79 Å². The molecule has 2 fully saturated rings. The smallest absolute Gasteiger partial charge is 0.317 e. The summed E-state index contributed by atoms with van der Waals surface area (Å²) in [6.45, 7) is 2.47. The average Bonchev–Trinajstić information content (AvgIpc) is 2.52. The Balaban J connectivity index is 1.61. The zero-order valence-corrected chi connectivity index (χ0v) is 12.6. The molecule has 6 nitrogen and oxygen atoms in total. The van der Waals surface area contributed by atoms with E-state index in [1.807, 2.05) is 0 Å². The molecule has 0 aromatic carbocycles. The van der Waals surface area contributed by atoms with Crippen LogP contribution in [0.25, 0.3) is 0 Å². The third kappa shape index (κ3) is 5.19. The second-order valence-electron chi connectivity index (χ2n) is 5.99. The lowest BCUT2D eigenvalue weighted by atomic mass is 9.99. The van der Waals surface area contributed by atoms with Gasteiger partial charge < -0.3 is 20.1 Å². The molecule has 0 aromatic heterocycles. The minimum Gasteiger partial charge on any atom is -0.481 e. The van der Waals surface area contributed by atoms with Gasteiger partial charge in [0.1, 0.15) is 0 Å². The number of carboxylic acids is 1. The molecule has 2 unspecified atom stereocenters. The summed E-state index contributed by atoms with van der Waals surface area (Å²) in [6, 6.07) is -0.134. The van der Waals surface area contributed by atoms with Gasteiger partial charge in [-0.25, -0.2) is 4.79 Å². The van der Waals surface area contributed by atoms with Crippen molar-refractivity contribution in [2.75, 3.05) is 26.2 Å². The number of hydrogen-bond donors (Lipinski definition) is 2. The van der Waals surface area contributed by atoms with Crippen LogP contribution in [-0.2, 0) is 9.53 Å². The fraction of sp³-hybridized carbons (Fsp3) is 0.867. The largest absolute Gasteiger partial charge is 0.481 e. The number of carboxylic acid groups (broad SMARTS) is 1. The normalized spacial score (nSPS) is 26.4. The first kappa shape index (κ1) is 16.1. The first-order chi connectivity index (χ1) is 10.2. The van der Waals surface area contributed by atoms with E-state index < -0.39 is 11.9 Å². The zero-order chi connectivity index (χ0) is 15.1. The number of amides is 2. The highest BCUT2D eigenvalue weighted by atomic mass is 16.5. The van der Waals surface area contributed by atoms with E-state index in [9.17, 15) is 9.59 Å². The van der Waals surface area contributed by atoms with Crippen LogP contribution >= 0.6 is 0 Å². The Labute approximate surface area is 125 Å². The van der Waals surface area contributed by atoms with Gasteiger partial charge in [-0.15, -0.1) is 0 Å². The van der Waals surface area contributed by atoms with E-state index in [0.717, 1.165) is 38.7 Å². The average molecular weight is 298 g/mol. The number of piperidine rings is 1. The van der Waals surface area contributed by atoms with E-state index in [2.05, 4.69) is 5.32 Å². The molecule has 120 valence electrons. The molecule has 2 atom stereocenters. The summed E-state index contributed by atoms with van der Waals surface area (Å²) in [7, 11) is 0. The van der Waals surface area contributed by atoms with E-state index in [0.29, 0.717) is 32.2 Å². The van der Waals surface area contributed by atoms with Crippen molar-refractivity contribution in [2.45, 2.75) is 51.0 Å². The topological polar surface area (TPSA) is 78.9 Å². The number of carbonyl (C=O) groups is 2. The molecule has 0 radical (unpaired) electrons. The minimum absolute atomic E-state index is 0.134. The fourth-order valence-electron chi connectivity index (χ4n) is 3.04. The number of nitrogens with one attached hydrogen (secondary N) is 1. The van der Waals surface area contributed by atoms with E-state index in [-0.39, 0.29) is 6.03 Å². The molecule has 2 amide bonds. The predicted octanol–water partition coefficient (Wildman–Crippen LogP) is 1.84. The third-order valence-corrected chi connectivity index (χ3v) is 4.31. The number of urea groups is 1. The highest BCUT2D eigenvalue weighted by Gasteiger charge is 2.27. The first-order valence-corrected chi connectivity index (χ1v) is 8.04. The molecule has 2 N–H and O–H groups in total. The molecule has 0 bridgehead atoms. The van der Waals surface area contributed by atoms with Gasteiger partial charge in [-0.2, -0.15) is 0 Å². The van der Waals surface area contributed by atoms with Crippen LogP contribution in [0, 0.1) is 5.92 Å². The van der Waals surface area contributed by atoms with Gasteiger partial charge in [0.25, 0.3) is 0 Å². The molecule has 21 heavy (non-hydrogen) atoms. The molecular weight excluding hydrogens is 272 g/mol. The number of carbonyl (C=O) groups excluding carboxylic acids is 1. The molecule has 0 aromatic rings.